The van der Waals surface area contributed by atoms with Gasteiger partial charge in [0, 0.05) is 29.0 Å². The van der Waals surface area contributed by atoms with Gasteiger partial charge in [0.05, 0.1) is 6.42 Å². The maximum atomic E-state index is 12.5. The fourth-order valence-corrected chi connectivity index (χ4v) is 4.19. The Labute approximate surface area is 169 Å². The summed E-state index contributed by atoms with van der Waals surface area (Å²) in [5, 5.41) is 5.01. The molecule has 3 rings (SSSR count). The smallest absolute Gasteiger partial charge is 0.310 e. The molecule has 0 aliphatic carbocycles. The predicted molar refractivity (Wildman–Crippen MR) is 106 cm³/mol. The summed E-state index contributed by atoms with van der Waals surface area (Å²) in [7, 11) is 0. The van der Waals surface area contributed by atoms with E-state index in [0.29, 0.717) is 16.6 Å². The van der Waals surface area contributed by atoms with Gasteiger partial charge in [0.1, 0.15) is 0 Å². The predicted octanol–water partition coefficient (Wildman–Crippen LogP) is 2.34. The molecule has 9 heteroatoms. The summed E-state index contributed by atoms with van der Waals surface area (Å²) in [6, 6.07) is 0.369. The van der Waals surface area contributed by atoms with E-state index in [2.05, 4.69) is 15.1 Å². The van der Waals surface area contributed by atoms with Gasteiger partial charge in [-0.2, -0.15) is 4.98 Å². The molecule has 3 heterocycles. The Balaban J connectivity index is 1.67. The molecule has 1 aliphatic heterocycles. The van der Waals surface area contributed by atoms with Gasteiger partial charge in [-0.3, -0.25) is 9.59 Å². The number of aryl methyl sites for hydroxylation is 2. The van der Waals surface area contributed by atoms with Crippen molar-refractivity contribution in [3.63, 3.8) is 0 Å². The first kappa shape index (κ1) is 20.6. The molecule has 0 N–H and O–H groups in total. The lowest BCUT2D eigenvalue weighted by Gasteiger charge is -2.38. The quantitative estimate of drug-likeness (QED) is 0.557. The molecule has 0 unspecified atom stereocenters. The molecule has 2 atom stereocenters. The highest BCUT2D eigenvalue weighted by Crippen LogP contribution is 2.22. The monoisotopic (exact) mass is 405 g/mol. The number of carbonyl (C=O) groups is 2. The molecule has 2 aromatic heterocycles. The molecule has 1 fully saturated rings. The van der Waals surface area contributed by atoms with Crippen molar-refractivity contribution in [2.24, 2.45) is 0 Å². The van der Waals surface area contributed by atoms with Crippen molar-refractivity contribution in [2.75, 3.05) is 12.9 Å². The molecule has 0 bridgehead atoms. The number of likely N-dealkylation sites (tertiary alicyclic amines) is 1. The number of hydrogen-bond acceptors (Lipinski definition) is 7. The van der Waals surface area contributed by atoms with Gasteiger partial charge >= 0.3 is 5.97 Å². The van der Waals surface area contributed by atoms with Crippen molar-refractivity contribution in [2.45, 2.75) is 70.6 Å². The molecule has 1 saturated heterocycles. The van der Waals surface area contributed by atoms with Crippen molar-refractivity contribution >= 4 is 29.4 Å². The van der Waals surface area contributed by atoms with Crippen LogP contribution in [0.5, 0.6) is 0 Å². The molecule has 0 spiro atoms. The van der Waals surface area contributed by atoms with Gasteiger partial charge in [-0.1, -0.05) is 11.8 Å². The van der Waals surface area contributed by atoms with E-state index in [0.717, 1.165) is 30.5 Å². The van der Waals surface area contributed by atoms with E-state index in [1.54, 1.807) is 4.52 Å². The van der Waals surface area contributed by atoms with E-state index in [1.807, 2.05) is 38.9 Å². The first-order valence-corrected chi connectivity index (χ1v) is 10.8. The number of fused-ring (bicyclic) bond motifs is 1. The third kappa shape index (κ3) is 4.14. The van der Waals surface area contributed by atoms with E-state index in [-0.39, 0.29) is 31.0 Å². The fourth-order valence-electron chi connectivity index (χ4n) is 3.86. The van der Waals surface area contributed by atoms with Crippen LogP contribution in [0.4, 0.5) is 0 Å². The average Bonchev–Trinajstić information content (AvgIpc) is 3.06. The molecule has 28 heavy (non-hydrogen) atoms. The number of rotatable bonds is 5. The summed E-state index contributed by atoms with van der Waals surface area (Å²) in [6.07, 6.45) is 5.05. The lowest BCUT2D eigenvalue weighted by molar-refractivity contribution is -0.154. The number of thioether (sulfide) groups is 1. The topological polar surface area (TPSA) is 89.7 Å². The summed E-state index contributed by atoms with van der Waals surface area (Å²) in [6.45, 7) is 7.59. The lowest BCUT2D eigenvalue weighted by Crippen LogP contribution is -2.49. The molecule has 8 nitrogen and oxygen atoms in total. The van der Waals surface area contributed by atoms with Gasteiger partial charge in [-0.15, -0.1) is 5.10 Å². The van der Waals surface area contributed by atoms with Gasteiger partial charge in [0.15, 0.2) is 6.61 Å². The Bertz CT molecular complexity index is 887. The summed E-state index contributed by atoms with van der Waals surface area (Å²) in [4.78, 5) is 35.5. The molecule has 0 saturated carbocycles. The molecule has 0 radical (unpaired) electrons. The second-order valence-electron chi connectivity index (χ2n) is 7.34. The Morgan fingerprint density at radius 1 is 1.18 bits per heavy atom. The Hall–Kier alpha value is -2.16. The van der Waals surface area contributed by atoms with Crippen molar-refractivity contribution in [3.8, 4) is 0 Å². The lowest BCUT2D eigenvalue weighted by atomic mass is 9.97. The summed E-state index contributed by atoms with van der Waals surface area (Å²) < 4.78 is 6.94. The van der Waals surface area contributed by atoms with E-state index in [9.17, 15) is 9.59 Å². The largest absolute Gasteiger partial charge is 0.455 e. The first-order valence-electron chi connectivity index (χ1n) is 9.55. The Morgan fingerprint density at radius 3 is 2.50 bits per heavy atom. The van der Waals surface area contributed by atoms with Crippen LogP contribution in [0, 0.1) is 13.8 Å². The highest BCUT2D eigenvalue weighted by molar-refractivity contribution is 7.98. The number of ether oxygens (including phenoxy) is 1. The molecule has 0 aromatic carbocycles. The van der Waals surface area contributed by atoms with Crippen molar-refractivity contribution < 1.29 is 14.3 Å². The third-order valence-electron chi connectivity index (χ3n) is 5.37. The van der Waals surface area contributed by atoms with Gasteiger partial charge < -0.3 is 9.64 Å². The number of nitrogens with zero attached hydrogens (tertiary/aromatic N) is 5. The minimum Gasteiger partial charge on any atom is -0.455 e. The zero-order valence-electron chi connectivity index (χ0n) is 17.1. The fraction of sp³-hybridized carbons (Fsp3) is 0.632. The number of aromatic nitrogens is 4. The van der Waals surface area contributed by atoms with Crippen LogP contribution in [0.2, 0.25) is 0 Å². The maximum absolute atomic E-state index is 12.5. The normalized spacial score (nSPS) is 19.8. The maximum Gasteiger partial charge on any atom is 0.310 e. The standard InChI is InChI=1S/C19H27N5O3S/c1-11-7-6-8-12(2)23(11)16(25)10-27-17(26)9-15-13(3)20-18-21-19(28-5)22-24(18)14(15)4/h11-12H,6-10H2,1-5H3/t11-,12-/m0/s1. The second kappa shape index (κ2) is 8.46. The number of hydrogen-bond donors (Lipinski definition) is 0. The number of esters is 1. The molecule has 1 amide bonds. The van der Waals surface area contributed by atoms with Crippen LogP contribution in [0.1, 0.15) is 50.1 Å². The van der Waals surface area contributed by atoms with Crippen LogP contribution >= 0.6 is 11.8 Å². The second-order valence-corrected chi connectivity index (χ2v) is 8.11. The van der Waals surface area contributed by atoms with Crippen molar-refractivity contribution in [1.29, 1.82) is 0 Å². The highest BCUT2D eigenvalue weighted by atomic mass is 32.2. The molecular weight excluding hydrogens is 378 g/mol. The molecule has 2 aromatic rings. The Morgan fingerprint density at radius 2 is 1.86 bits per heavy atom. The summed E-state index contributed by atoms with van der Waals surface area (Å²) in [5.41, 5.74) is 2.27. The van der Waals surface area contributed by atoms with Crippen LogP contribution in [0.3, 0.4) is 0 Å². The van der Waals surface area contributed by atoms with E-state index < -0.39 is 5.97 Å². The molecule has 152 valence electrons. The number of amides is 1. The third-order valence-corrected chi connectivity index (χ3v) is 5.91. The highest BCUT2D eigenvalue weighted by Gasteiger charge is 2.29. The summed E-state index contributed by atoms with van der Waals surface area (Å²) in [5.74, 6) is -0.0566. The average molecular weight is 406 g/mol. The minimum absolute atomic E-state index is 0.0491. The van der Waals surface area contributed by atoms with E-state index >= 15 is 0 Å². The SMILES string of the molecule is CSc1nc2nc(C)c(CC(=O)OCC(=O)N3[C@@H](C)CCC[C@@H]3C)c(C)n2n1. The van der Waals surface area contributed by atoms with Crippen LogP contribution in [0.25, 0.3) is 5.78 Å². The molecule has 1 aliphatic rings. The Kier molecular flexibility index (Phi) is 6.22. The van der Waals surface area contributed by atoms with Gasteiger partial charge in [-0.05, 0) is 53.2 Å². The van der Waals surface area contributed by atoms with Crippen molar-refractivity contribution in [3.05, 3.63) is 17.0 Å². The minimum atomic E-state index is -0.441. The van der Waals surface area contributed by atoms with Crippen LogP contribution in [0.15, 0.2) is 5.16 Å². The van der Waals surface area contributed by atoms with Crippen LogP contribution in [-0.2, 0) is 20.7 Å². The zero-order chi connectivity index (χ0) is 20.4. The molecular formula is C19H27N5O3S. The summed E-state index contributed by atoms with van der Waals surface area (Å²) >= 11 is 1.44. The van der Waals surface area contributed by atoms with Crippen LogP contribution < -0.4 is 0 Å². The zero-order valence-corrected chi connectivity index (χ0v) is 17.9. The number of piperidine rings is 1. The number of carbonyl (C=O) groups excluding carboxylic acids is 2. The van der Waals surface area contributed by atoms with Crippen molar-refractivity contribution in [1.82, 2.24) is 24.5 Å². The van der Waals surface area contributed by atoms with Gasteiger partial charge in [0.2, 0.25) is 5.16 Å². The van der Waals surface area contributed by atoms with Gasteiger partial charge in [-0.25, -0.2) is 9.50 Å². The van der Waals surface area contributed by atoms with E-state index in [4.69, 9.17) is 4.74 Å². The van der Waals surface area contributed by atoms with Gasteiger partial charge in [0.25, 0.3) is 11.7 Å². The first-order chi connectivity index (χ1) is 13.3. The van der Waals surface area contributed by atoms with E-state index in [1.165, 1.54) is 11.8 Å². The van der Waals surface area contributed by atoms with Crippen LogP contribution in [-0.4, -0.2) is 61.3 Å².